The molecule has 68 valence electrons. The molecule has 0 amide bonds. The predicted octanol–water partition coefficient (Wildman–Crippen LogP) is 3.81. The van der Waals surface area contributed by atoms with E-state index in [0.717, 1.165) is 6.42 Å². The molecule has 0 radical (unpaired) electrons. The van der Waals surface area contributed by atoms with Crippen molar-refractivity contribution in [3.8, 4) is 0 Å². The van der Waals surface area contributed by atoms with Crippen LogP contribution in [0.2, 0.25) is 0 Å². The SMILES string of the molecule is CC(C)(C)CC(C)(C)N(Cl)Cl. The Kier molecular flexibility index (Phi) is 3.68. The fraction of sp³-hybridized carbons (Fsp3) is 1.00. The minimum Gasteiger partial charge on any atom is -0.126 e. The van der Waals surface area contributed by atoms with Gasteiger partial charge in [-0.1, -0.05) is 20.8 Å². The summed E-state index contributed by atoms with van der Waals surface area (Å²) < 4.78 is 1.23. The van der Waals surface area contributed by atoms with Crippen LogP contribution in [0.1, 0.15) is 41.0 Å². The summed E-state index contributed by atoms with van der Waals surface area (Å²) in [5.41, 5.74) is 0.104. The van der Waals surface area contributed by atoms with Gasteiger partial charge >= 0.3 is 0 Å². The van der Waals surface area contributed by atoms with Gasteiger partial charge in [0.2, 0.25) is 0 Å². The van der Waals surface area contributed by atoms with Crippen molar-refractivity contribution in [3.05, 3.63) is 0 Å². The van der Waals surface area contributed by atoms with Gasteiger partial charge in [0.05, 0.1) is 0 Å². The molecular weight excluding hydrogens is 181 g/mol. The average Bonchev–Trinajstić information content (AvgIpc) is 1.56. The zero-order chi connectivity index (χ0) is 9.28. The topological polar surface area (TPSA) is 3.24 Å². The third kappa shape index (κ3) is 4.89. The zero-order valence-corrected chi connectivity index (χ0v) is 9.42. The van der Waals surface area contributed by atoms with Gasteiger partial charge in [-0.05, 0) is 49.2 Å². The molecule has 0 saturated heterocycles. The molecule has 0 aromatic rings. The molecule has 0 saturated carbocycles. The van der Waals surface area contributed by atoms with Crippen LogP contribution in [-0.2, 0) is 0 Å². The molecule has 0 bridgehead atoms. The monoisotopic (exact) mass is 197 g/mol. The Labute approximate surface area is 79.9 Å². The van der Waals surface area contributed by atoms with Crippen LogP contribution in [0.5, 0.6) is 0 Å². The highest BCUT2D eigenvalue weighted by molar-refractivity contribution is 6.34. The lowest BCUT2D eigenvalue weighted by Gasteiger charge is -2.34. The summed E-state index contributed by atoms with van der Waals surface area (Å²) in [4.78, 5) is 0. The summed E-state index contributed by atoms with van der Waals surface area (Å²) >= 11 is 11.3. The maximum Gasteiger partial charge on any atom is 0.0475 e. The number of hydrogen-bond donors (Lipinski definition) is 0. The standard InChI is InChI=1S/C8H17Cl2N/c1-7(2,3)6-8(4,5)11(9)10/h6H2,1-5H3. The molecule has 0 spiro atoms. The van der Waals surface area contributed by atoms with E-state index >= 15 is 0 Å². The van der Waals surface area contributed by atoms with Crippen LogP contribution in [0, 0.1) is 5.41 Å². The van der Waals surface area contributed by atoms with Crippen LogP contribution in [0.25, 0.3) is 0 Å². The Morgan fingerprint density at radius 2 is 1.36 bits per heavy atom. The molecule has 0 atom stereocenters. The molecule has 1 nitrogen and oxygen atoms in total. The van der Waals surface area contributed by atoms with Gasteiger partial charge in [0.15, 0.2) is 0 Å². The van der Waals surface area contributed by atoms with Gasteiger partial charge in [-0.15, -0.1) is 3.94 Å². The number of rotatable bonds is 2. The second-order valence-corrected chi connectivity index (χ2v) is 5.63. The fourth-order valence-corrected chi connectivity index (χ4v) is 1.48. The van der Waals surface area contributed by atoms with Gasteiger partial charge in [-0.25, -0.2) is 0 Å². The van der Waals surface area contributed by atoms with Gasteiger partial charge in [0, 0.05) is 5.54 Å². The summed E-state index contributed by atoms with van der Waals surface area (Å²) in [5.74, 6) is 0. The van der Waals surface area contributed by atoms with Gasteiger partial charge in [0.1, 0.15) is 0 Å². The molecular formula is C8H17Cl2N. The van der Waals surface area contributed by atoms with Crippen molar-refractivity contribution in [1.29, 1.82) is 0 Å². The lowest BCUT2D eigenvalue weighted by atomic mass is 9.82. The van der Waals surface area contributed by atoms with E-state index in [1.165, 1.54) is 3.94 Å². The highest BCUT2D eigenvalue weighted by Gasteiger charge is 2.29. The van der Waals surface area contributed by atoms with Crippen molar-refractivity contribution in [3.63, 3.8) is 0 Å². The first-order valence-electron chi connectivity index (χ1n) is 3.77. The predicted molar refractivity (Wildman–Crippen MR) is 51.7 cm³/mol. The third-order valence-corrected chi connectivity index (χ3v) is 2.34. The Bertz CT molecular complexity index is 125. The van der Waals surface area contributed by atoms with Crippen LogP contribution >= 0.6 is 23.6 Å². The zero-order valence-electron chi connectivity index (χ0n) is 7.91. The third-order valence-electron chi connectivity index (χ3n) is 1.42. The maximum atomic E-state index is 5.67. The Morgan fingerprint density at radius 1 is 1.00 bits per heavy atom. The molecule has 0 aliphatic rings. The molecule has 11 heavy (non-hydrogen) atoms. The highest BCUT2D eigenvalue weighted by atomic mass is 35.5. The van der Waals surface area contributed by atoms with Crippen molar-refractivity contribution < 1.29 is 0 Å². The lowest BCUT2D eigenvalue weighted by molar-refractivity contribution is 0.219. The van der Waals surface area contributed by atoms with Crippen molar-refractivity contribution >= 4 is 23.6 Å². The van der Waals surface area contributed by atoms with Crippen molar-refractivity contribution in [2.75, 3.05) is 0 Å². The minimum atomic E-state index is -0.151. The van der Waals surface area contributed by atoms with E-state index in [-0.39, 0.29) is 11.0 Å². The molecule has 0 heterocycles. The molecule has 0 aromatic heterocycles. The number of hydrogen-bond acceptors (Lipinski definition) is 1. The highest BCUT2D eigenvalue weighted by Crippen LogP contribution is 2.33. The van der Waals surface area contributed by atoms with Gasteiger partial charge in [0.25, 0.3) is 0 Å². The molecule has 0 aliphatic carbocycles. The molecule has 0 aromatic carbocycles. The lowest BCUT2D eigenvalue weighted by Crippen LogP contribution is -2.35. The van der Waals surface area contributed by atoms with E-state index in [9.17, 15) is 0 Å². The summed E-state index contributed by atoms with van der Waals surface area (Å²) in [5, 5.41) is 0. The van der Waals surface area contributed by atoms with E-state index in [1.807, 2.05) is 13.8 Å². The van der Waals surface area contributed by atoms with E-state index in [0.29, 0.717) is 0 Å². The van der Waals surface area contributed by atoms with Crippen LogP contribution in [0.15, 0.2) is 0 Å². The smallest absolute Gasteiger partial charge is 0.0475 e. The Hall–Kier alpha value is 0.540. The summed E-state index contributed by atoms with van der Waals surface area (Å²) in [6.45, 7) is 10.6. The Balaban J connectivity index is 4.13. The minimum absolute atomic E-state index is 0.151. The second-order valence-electron chi connectivity index (χ2n) is 4.78. The number of halogens is 2. The van der Waals surface area contributed by atoms with Crippen LogP contribution < -0.4 is 0 Å². The molecule has 0 fully saturated rings. The van der Waals surface area contributed by atoms with Gasteiger partial charge < -0.3 is 0 Å². The molecule has 0 rings (SSSR count). The first-order valence-corrected chi connectivity index (χ1v) is 4.44. The van der Waals surface area contributed by atoms with Crippen LogP contribution in [-0.4, -0.2) is 9.48 Å². The normalized spacial score (nSPS) is 14.2. The fourth-order valence-electron chi connectivity index (χ4n) is 1.36. The maximum absolute atomic E-state index is 5.67. The van der Waals surface area contributed by atoms with Crippen molar-refractivity contribution in [1.82, 2.24) is 3.94 Å². The van der Waals surface area contributed by atoms with Gasteiger partial charge in [-0.2, -0.15) is 0 Å². The second kappa shape index (κ2) is 3.51. The first kappa shape index (κ1) is 11.5. The quantitative estimate of drug-likeness (QED) is 0.610. The largest absolute Gasteiger partial charge is 0.126 e. The van der Waals surface area contributed by atoms with E-state index in [1.54, 1.807) is 0 Å². The van der Waals surface area contributed by atoms with Crippen molar-refractivity contribution in [2.24, 2.45) is 5.41 Å². The summed E-state index contributed by atoms with van der Waals surface area (Å²) in [6, 6.07) is 0. The molecule has 0 N–H and O–H groups in total. The summed E-state index contributed by atoms with van der Waals surface area (Å²) in [6.07, 6.45) is 0.965. The van der Waals surface area contributed by atoms with E-state index < -0.39 is 0 Å². The average molecular weight is 198 g/mol. The van der Waals surface area contributed by atoms with Crippen LogP contribution in [0.3, 0.4) is 0 Å². The first-order chi connectivity index (χ1) is 4.65. The molecule has 3 heteroatoms. The van der Waals surface area contributed by atoms with E-state index in [4.69, 9.17) is 23.6 Å². The number of nitrogens with zero attached hydrogens (tertiary/aromatic N) is 1. The summed E-state index contributed by atoms with van der Waals surface area (Å²) in [7, 11) is 0. The molecule has 0 unspecified atom stereocenters. The van der Waals surface area contributed by atoms with E-state index in [2.05, 4.69) is 20.8 Å². The van der Waals surface area contributed by atoms with Crippen molar-refractivity contribution in [2.45, 2.75) is 46.6 Å². The Morgan fingerprint density at radius 3 is 1.45 bits per heavy atom. The molecule has 0 aliphatic heterocycles. The van der Waals surface area contributed by atoms with Crippen LogP contribution in [0.4, 0.5) is 0 Å². The van der Waals surface area contributed by atoms with Gasteiger partial charge in [-0.3, -0.25) is 0 Å².